The molecule has 1 heterocycles. The fourth-order valence-electron chi connectivity index (χ4n) is 3.08. The van der Waals surface area contributed by atoms with Crippen LogP contribution in [0.1, 0.15) is 46.0 Å². The predicted molar refractivity (Wildman–Crippen MR) is 99.9 cm³/mol. The monoisotopic (exact) mass is 455 g/mol. The van der Waals surface area contributed by atoms with Gasteiger partial charge in [0.15, 0.2) is 5.12 Å². The number of amides is 2. The second-order valence-electron chi connectivity index (χ2n) is 6.33. The molecule has 0 aromatic rings. The average molecular weight is 455 g/mol. The molecule has 124 valence electrons. The van der Waals surface area contributed by atoms with Crippen LogP contribution in [-0.2, 0) is 14.4 Å². The van der Waals surface area contributed by atoms with Crippen molar-refractivity contribution in [3.63, 3.8) is 0 Å². The van der Waals surface area contributed by atoms with Crippen molar-refractivity contribution in [2.45, 2.75) is 56.5 Å². The van der Waals surface area contributed by atoms with Gasteiger partial charge < -0.3 is 0 Å². The first-order chi connectivity index (χ1) is 10.4. The van der Waals surface area contributed by atoms with Crippen LogP contribution in [0.4, 0.5) is 0 Å². The molecular formula is C15H22INO3S2. The van der Waals surface area contributed by atoms with Gasteiger partial charge in [0.25, 0.3) is 0 Å². The Morgan fingerprint density at radius 3 is 2.41 bits per heavy atom. The second-order valence-corrected chi connectivity index (χ2v) is 10.2. The van der Waals surface area contributed by atoms with Crippen LogP contribution in [0.25, 0.3) is 0 Å². The van der Waals surface area contributed by atoms with E-state index in [1.807, 2.05) is 13.8 Å². The lowest BCUT2D eigenvalue weighted by Gasteiger charge is -2.30. The summed E-state index contributed by atoms with van der Waals surface area (Å²) < 4.78 is 0. The summed E-state index contributed by atoms with van der Waals surface area (Å²) in [6, 6.07) is 0. The Labute approximate surface area is 152 Å². The maximum atomic E-state index is 12.1. The predicted octanol–water partition coefficient (Wildman–Crippen LogP) is 3.67. The zero-order valence-electron chi connectivity index (χ0n) is 12.9. The highest BCUT2D eigenvalue weighted by molar-refractivity contribution is 14.2. The molecule has 1 aliphatic heterocycles. The number of halogens is 1. The van der Waals surface area contributed by atoms with Crippen LogP contribution < -0.4 is 0 Å². The van der Waals surface area contributed by atoms with Gasteiger partial charge in [0.1, 0.15) is 5.25 Å². The number of rotatable bonds is 5. The summed E-state index contributed by atoms with van der Waals surface area (Å²) in [5, 5.41) is 0.449. The van der Waals surface area contributed by atoms with Crippen molar-refractivity contribution in [1.29, 1.82) is 0 Å². The van der Waals surface area contributed by atoms with E-state index < -0.39 is 0 Å². The van der Waals surface area contributed by atoms with Gasteiger partial charge in [-0.2, -0.15) is 0 Å². The van der Waals surface area contributed by atoms with Crippen LogP contribution >= 0.6 is 41.9 Å². The number of hydrogen-bond donors (Lipinski definition) is 0. The normalized spacial score (nSPS) is 29.5. The molecular weight excluding hydrogens is 433 g/mol. The Morgan fingerprint density at radius 1 is 1.27 bits per heavy atom. The van der Waals surface area contributed by atoms with Crippen LogP contribution in [0, 0.1) is 11.8 Å². The average Bonchev–Trinajstić information content (AvgIpc) is 2.74. The topological polar surface area (TPSA) is 54.5 Å². The number of carbonyl (C=O) groups is 3. The fraction of sp³-hybridized carbons (Fsp3) is 0.800. The molecule has 0 radical (unpaired) electrons. The smallest absolute Gasteiger partial charge is 0.243 e. The lowest BCUT2D eigenvalue weighted by Crippen LogP contribution is -2.37. The molecule has 0 aromatic heterocycles. The molecule has 22 heavy (non-hydrogen) atoms. The van der Waals surface area contributed by atoms with Crippen LogP contribution in [0.5, 0.6) is 0 Å². The van der Waals surface area contributed by atoms with Crippen LogP contribution in [0.2, 0.25) is 0 Å². The van der Waals surface area contributed by atoms with Gasteiger partial charge in [-0.05, 0) is 52.8 Å². The van der Waals surface area contributed by atoms with Gasteiger partial charge in [-0.3, -0.25) is 19.3 Å². The standard InChI is InChI=1S/C15H22INO3S2/c1-9(2)21-15(20)11-5-3-10(4-6-11)8-17-13(18)7-12(22-16)14(17)19/h9-12H,3-8H2,1-2H3. The number of imide groups is 1. The van der Waals surface area contributed by atoms with Crippen LogP contribution in [0.15, 0.2) is 0 Å². The third-order valence-corrected chi connectivity index (χ3v) is 7.74. The molecule has 1 saturated carbocycles. The molecule has 7 heteroatoms. The van der Waals surface area contributed by atoms with E-state index in [2.05, 4.69) is 21.2 Å². The minimum Gasteiger partial charge on any atom is -0.287 e. The quantitative estimate of drug-likeness (QED) is 0.468. The van der Waals surface area contributed by atoms with E-state index in [1.165, 1.54) is 25.6 Å². The molecule has 2 aliphatic rings. The van der Waals surface area contributed by atoms with E-state index in [-0.39, 0.29) is 23.0 Å². The third-order valence-electron chi connectivity index (χ3n) is 4.28. The first-order valence-corrected chi connectivity index (χ1v) is 12.0. The van der Waals surface area contributed by atoms with E-state index >= 15 is 0 Å². The summed E-state index contributed by atoms with van der Waals surface area (Å²) in [7, 11) is 1.43. The Bertz CT molecular complexity index is 450. The summed E-state index contributed by atoms with van der Waals surface area (Å²) in [5.41, 5.74) is 0. The molecule has 0 N–H and O–H groups in total. The van der Waals surface area contributed by atoms with Crippen LogP contribution in [0.3, 0.4) is 0 Å². The van der Waals surface area contributed by atoms with Gasteiger partial charge in [0.2, 0.25) is 11.8 Å². The minimum absolute atomic E-state index is 0.0297. The highest BCUT2D eigenvalue weighted by Crippen LogP contribution is 2.35. The van der Waals surface area contributed by atoms with Crippen molar-refractivity contribution in [2.24, 2.45) is 11.8 Å². The van der Waals surface area contributed by atoms with Crippen LogP contribution in [-0.4, -0.2) is 38.9 Å². The Kier molecular flexibility index (Phi) is 7.07. The van der Waals surface area contributed by atoms with Gasteiger partial charge in [0.05, 0.1) is 0 Å². The maximum Gasteiger partial charge on any atom is 0.243 e. The molecule has 1 unspecified atom stereocenters. The zero-order chi connectivity index (χ0) is 16.3. The van der Waals surface area contributed by atoms with Gasteiger partial charge >= 0.3 is 0 Å². The lowest BCUT2D eigenvalue weighted by atomic mass is 9.82. The number of carbonyl (C=O) groups excluding carboxylic acids is 3. The third kappa shape index (κ3) is 4.63. The van der Waals surface area contributed by atoms with Gasteiger partial charge in [-0.1, -0.05) is 34.5 Å². The van der Waals surface area contributed by atoms with E-state index in [1.54, 1.807) is 0 Å². The maximum absolute atomic E-state index is 12.1. The first kappa shape index (κ1) is 18.6. The van der Waals surface area contributed by atoms with E-state index in [0.717, 1.165) is 25.7 Å². The minimum atomic E-state index is -0.201. The highest BCUT2D eigenvalue weighted by Gasteiger charge is 2.40. The first-order valence-electron chi connectivity index (χ1n) is 7.74. The molecule has 0 spiro atoms. The Balaban J connectivity index is 1.81. The number of nitrogens with zero attached hydrogens (tertiary/aromatic N) is 1. The second kappa shape index (κ2) is 8.37. The molecule has 1 saturated heterocycles. The Hall–Kier alpha value is 0.240. The lowest BCUT2D eigenvalue weighted by molar-refractivity contribution is -0.139. The summed E-state index contributed by atoms with van der Waals surface area (Å²) >= 11 is 3.53. The summed E-state index contributed by atoms with van der Waals surface area (Å²) in [6.45, 7) is 4.63. The van der Waals surface area contributed by atoms with E-state index in [4.69, 9.17) is 0 Å². The zero-order valence-corrected chi connectivity index (χ0v) is 16.7. The van der Waals surface area contributed by atoms with Gasteiger partial charge in [-0.15, -0.1) is 0 Å². The van der Waals surface area contributed by atoms with Crippen molar-refractivity contribution >= 4 is 58.8 Å². The van der Waals surface area contributed by atoms with Crippen molar-refractivity contribution in [3.05, 3.63) is 0 Å². The fourth-order valence-corrected chi connectivity index (χ4v) is 5.58. The highest BCUT2D eigenvalue weighted by atomic mass is 127. The molecule has 2 fully saturated rings. The van der Waals surface area contributed by atoms with E-state index in [9.17, 15) is 14.4 Å². The summed E-state index contributed by atoms with van der Waals surface area (Å²) in [4.78, 5) is 37.6. The van der Waals surface area contributed by atoms with Crippen molar-refractivity contribution < 1.29 is 14.4 Å². The molecule has 1 aliphatic carbocycles. The van der Waals surface area contributed by atoms with Crippen molar-refractivity contribution in [1.82, 2.24) is 4.90 Å². The molecule has 4 nitrogen and oxygen atoms in total. The largest absolute Gasteiger partial charge is 0.287 e. The van der Waals surface area contributed by atoms with E-state index in [0.29, 0.717) is 29.2 Å². The molecule has 2 amide bonds. The Morgan fingerprint density at radius 2 is 1.91 bits per heavy atom. The summed E-state index contributed by atoms with van der Waals surface area (Å²) in [6.07, 6.45) is 4.00. The number of hydrogen-bond acceptors (Lipinski definition) is 5. The SMILES string of the molecule is CC(C)SC(=O)C1CCC(CN2C(=O)CC(SI)C2=O)CC1. The molecule has 2 rings (SSSR count). The van der Waals surface area contributed by atoms with Gasteiger partial charge in [0, 0.05) is 24.1 Å². The summed E-state index contributed by atoms with van der Waals surface area (Å²) in [5.74, 6) is 0.455. The van der Waals surface area contributed by atoms with Crippen molar-refractivity contribution in [3.8, 4) is 0 Å². The van der Waals surface area contributed by atoms with Crippen molar-refractivity contribution in [2.75, 3.05) is 6.54 Å². The van der Waals surface area contributed by atoms with Gasteiger partial charge in [-0.25, -0.2) is 0 Å². The number of likely N-dealkylation sites (tertiary alicyclic amines) is 1. The number of thioether (sulfide) groups is 1. The molecule has 0 aromatic carbocycles. The molecule has 1 atom stereocenters. The molecule has 0 bridgehead atoms.